The SMILES string of the molecule is CC1CCCN(Cc2csc(NC(=O)COc3ccc(Cl)cc3Cl)n2)C1. The third-order valence-electron chi connectivity index (χ3n) is 4.18. The lowest BCUT2D eigenvalue weighted by molar-refractivity contribution is -0.118. The highest BCUT2D eigenvalue weighted by molar-refractivity contribution is 7.13. The van der Waals surface area contributed by atoms with Gasteiger partial charge in [0.2, 0.25) is 0 Å². The zero-order valence-corrected chi connectivity index (χ0v) is 16.8. The molecule has 1 fully saturated rings. The Bertz CT molecular complexity index is 769. The monoisotopic (exact) mass is 413 g/mol. The summed E-state index contributed by atoms with van der Waals surface area (Å²) in [5.74, 6) is 0.882. The van der Waals surface area contributed by atoms with Gasteiger partial charge in [-0.3, -0.25) is 15.0 Å². The lowest BCUT2D eigenvalue weighted by Crippen LogP contribution is -2.33. The smallest absolute Gasteiger partial charge is 0.264 e. The average Bonchev–Trinajstić information content (AvgIpc) is 3.01. The molecule has 2 aromatic rings. The molecule has 140 valence electrons. The van der Waals surface area contributed by atoms with Gasteiger partial charge in [-0.05, 0) is 43.5 Å². The molecule has 3 rings (SSSR count). The Balaban J connectivity index is 1.48. The summed E-state index contributed by atoms with van der Waals surface area (Å²) in [5, 5.41) is 6.23. The van der Waals surface area contributed by atoms with Gasteiger partial charge in [0.05, 0.1) is 10.7 Å². The van der Waals surface area contributed by atoms with E-state index in [4.69, 9.17) is 27.9 Å². The highest BCUT2D eigenvalue weighted by Crippen LogP contribution is 2.27. The average molecular weight is 414 g/mol. The van der Waals surface area contributed by atoms with Gasteiger partial charge in [0.1, 0.15) is 5.75 Å². The maximum atomic E-state index is 12.1. The number of ether oxygens (including phenoxy) is 1. The first-order valence-corrected chi connectivity index (χ1v) is 10.2. The first-order chi connectivity index (χ1) is 12.5. The first kappa shape index (κ1) is 19.4. The third kappa shape index (κ3) is 5.58. The summed E-state index contributed by atoms with van der Waals surface area (Å²) in [6, 6.07) is 4.87. The second kappa shape index (κ2) is 9.04. The van der Waals surface area contributed by atoms with Crippen molar-refractivity contribution in [3.63, 3.8) is 0 Å². The maximum absolute atomic E-state index is 12.1. The molecule has 26 heavy (non-hydrogen) atoms. The molecule has 0 bridgehead atoms. The van der Waals surface area contributed by atoms with Crippen LogP contribution in [0.2, 0.25) is 10.0 Å². The summed E-state index contributed by atoms with van der Waals surface area (Å²) in [4.78, 5) is 19.0. The van der Waals surface area contributed by atoms with E-state index < -0.39 is 0 Å². The van der Waals surface area contributed by atoms with Gasteiger partial charge in [0, 0.05) is 23.5 Å². The number of rotatable bonds is 6. The van der Waals surface area contributed by atoms with Gasteiger partial charge in [-0.2, -0.15) is 0 Å². The van der Waals surface area contributed by atoms with Crippen molar-refractivity contribution in [3.8, 4) is 5.75 Å². The molecular formula is C18H21Cl2N3O2S. The fourth-order valence-electron chi connectivity index (χ4n) is 2.99. The molecule has 1 amide bonds. The Hall–Kier alpha value is -1.34. The van der Waals surface area contributed by atoms with Crippen molar-refractivity contribution in [1.29, 1.82) is 0 Å². The Labute approximate surface area is 167 Å². The summed E-state index contributed by atoms with van der Waals surface area (Å²) in [5.41, 5.74) is 0.987. The summed E-state index contributed by atoms with van der Waals surface area (Å²) < 4.78 is 5.43. The Morgan fingerprint density at radius 1 is 1.46 bits per heavy atom. The van der Waals surface area contributed by atoms with Gasteiger partial charge in [0.25, 0.3) is 5.91 Å². The van der Waals surface area contributed by atoms with Gasteiger partial charge < -0.3 is 4.74 Å². The number of amides is 1. The fraction of sp³-hybridized carbons (Fsp3) is 0.444. The lowest BCUT2D eigenvalue weighted by atomic mass is 10.0. The Kier molecular flexibility index (Phi) is 6.75. The minimum Gasteiger partial charge on any atom is -0.482 e. The van der Waals surface area contributed by atoms with Crippen LogP contribution < -0.4 is 10.1 Å². The minimum absolute atomic E-state index is 0.139. The number of nitrogens with one attached hydrogen (secondary N) is 1. The number of likely N-dealkylation sites (tertiary alicyclic amines) is 1. The van der Waals surface area contributed by atoms with Gasteiger partial charge in [-0.15, -0.1) is 11.3 Å². The van der Waals surface area contributed by atoms with Crippen molar-refractivity contribution < 1.29 is 9.53 Å². The predicted molar refractivity (Wildman–Crippen MR) is 106 cm³/mol. The van der Waals surface area contributed by atoms with E-state index in [9.17, 15) is 4.79 Å². The number of carbonyl (C=O) groups excluding carboxylic acids is 1. The van der Waals surface area contributed by atoms with E-state index in [-0.39, 0.29) is 12.5 Å². The molecule has 1 atom stereocenters. The summed E-state index contributed by atoms with van der Waals surface area (Å²) in [6.45, 7) is 5.19. The molecule has 8 heteroatoms. The molecule has 1 N–H and O–H groups in total. The number of hydrogen-bond acceptors (Lipinski definition) is 5. The van der Waals surface area contributed by atoms with Crippen LogP contribution in [0.4, 0.5) is 5.13 Å². The van der Waals surface area contributed by atoms with Crippen molar-refractivity contribution in [2.75, 3.05) is 25.0 Å². The van der Waals surface area contributed by atoms with Crippen LogP contribution in [0.15, 0.2) is 23.6 Å². The second-order valence-electron chi connectivity index (χ2n) is 6.54. The number of benzene rings is 1. The summed E-state index contributed by atoms with van der Waals surface area (Å²) >= 11 is 13.3. The van der Waals surface area contributed by atoms with Crippen molar-refractivity contribution in [2.24, 2.45) is 5.92 Å². The van der Waals surface area contributed by atoms with E-state index in [1.807, 2.05) is 5.38 Å². The van der Waals surface area contributed by atoms with Crippen LogP contribution in [0.25, 0.3) is 0 Å². The van der Waals surface area contributed by atoms with E-state index in [0.717, 1.165) is 31.2 Å². The van der Waals surface area contributed by atoms with Gasteiger partial charge in [-0.25, -0.2) is 4.98 Å². The highest BCUT2D eigenvalue weighted by Gasteiger charge is 2.17. The van der Waals surface area contributed by atoms with Crippen LogP contribution in [0.1, 0.15) is 25.5 Å². The van der Waals surface area contributed by atoms with E-state index in [1.165, 1.54) is 24.2 Å². The molecule has 0 saturated carbocycles. The fourth-order valence-corrected chi connectivity index (χ4v) is 4.17. The molecule has 0 radical (unpaired) electrons. The van der Waals surface area contributed by atoms with Gasteiger partial charge in [0.15, 0.2) is 11.7 Å². The van der Waals surface area contributed by atoms with E-state index >= 15 is 0 Å². The van der Waals surface area contributed by atoms with Crippen LogP contribution in [0.3, 0.4) is 0 Å². The van der Waals surface area contributed by atoms with Gasteiger partial charge in [-0.1, -0.05) is 30.1 Å². The largest absolute Gasteiger partial charge is 0.482 e. The summed E-state index contributed by atoms with van der Waals surface area (Å²) in [6.07, 6.45) is 2.53. The molecule has 2 heterocycles. The van der Waals surface area contributed by atoms with Gasteiger partial charge >= 0.3 is 0 Å². The third-order valence-corrected chi connectivity index (χ3v) is 5.51. The minimum atomic E-state index is -0.275. The number of aromatic nitrogens is 1. The normalized spacial score (nSPS) is 17.9. The molecule has 0 aliphatic carbocycles. The van der Waals surface area contributed by atoms with Crippen LogP contribution in [0, 0.1) is 5.92 Å². The summed E-state index contributed by atoms with van der Waals surface area (Å²) in [7, 11) is 0. The van der Waals surface area contributed by atoms with Crippen molar-refractivity contribution in [2.45, 2.75) is 26.3 Å². The number of piperidine rings is 1. The van der Waals surface area contributed by atoms with Crippen molar-refractivity contribution in [1.82, 2.24) is 9.88 Å². The zero-order valence-electron chi connectivity index (χ0n) is 14.5. The number of halogens is 2. The lowest BCUT2D eigenvalue weighted by Gasteiger charge is -2.30. The first-order valence-electron chi connectivity index (χ1n) is 8.54. The van der Waals surface area contributed by atoms with Crippen LogP contribution >= 0.6 is 34.5 Å². The molecule has 1 aromatic carbocycles. The van der Waals surface area contributed by atoms with Crippen LogP contribution in [-0.2, 0) is 11.3 Å². The standard InChI is InChI=1S/C18H21Cl2N3O2S/c1-12-3-2-6-23(8-12)9-14-11-26-18(21-14)22-17(24)10-25-16-5-4-13(19)7-15(16)20/h4-5,7,11-12H,2-3,6,8-10H2,1H3,(H,21,22,24). The van der Waals surface area contributed by atoms with E-state index in [1.54, 1.807) is 18.2 Å². The Morgan fingerprint density at radius 3 is 3.08 bits per heavy atom. The molecule has 1 unspecified atom stereocenters. The molecule has 1 aliphatic heterocycles. The molecular weight excluding hydrogens is 393 g/mol. The zero-order chi connectivity index (χ0) is 18.5. The number of anilines is 1. The predicted octanol–water partition coefficient (Wildman–Crippen LogP) is 4.70. The molecule has 5 nitrogen and oxygen atoms in total. The number of hydrogen-bond donors (Lipinski definition) is 1. The second-order valence-corrected chi connectivity index (χ2v) is 8.24. The highest BCUT2D eigenvalue weighted by atomic mass is 35.5. The Morgan fingerprint density at radius 2 is 2.31 bits per heavy atom. The van der Waals surface area contributed by atoms with E-state index in [2.05, 4.69) is 22.1 Å². The van der Waals surface area contributed by atoms with Crippen LogP contribution in [0.5, 0.6) is 5.75 Å². The number of nitrogens with zero attached hydrogens (tertiary/aromatic N) is 2. The molecule has 0 spiro atoms. The number of carbonyl (C=O) groups is 1. The topological polar surface area (TPSA) is 54.5 Å². The molecule has 1 aliphatic rings. The quantitative estimate of drug-likeness (QED) is 0.745. The molecule has 1 saturated heterocycles. The van der Waals surface area contributed by atoms with Crippen LogP contribution in [-0.4, -0.2) is 35.5 Å². The van der Waals surface area contributed by atoms with Crippen molar-refractivity contribution in [3.05, 3.63) is 39.3 Å². The maximum Gasteiger partial charge on any atom is 0.264 e. The number of thiazole rings is 1. The van der Waals surface area contributed by atoms with Crippen molar-refractivity contribution >= 4 is 45.6 Å². The van der Waals surface area contributed by atoms with E-state index in [0.29, 0.717) is 20.9 Å². The molecule has 1 aromatic heterocycles.